The first kappa shape index (κ1) is 15.3. The molecule has 0 bridgehead atoms. The fourth-order valence-electron chi connectivity index (χ4n) is 3.58. The van der Waals surface area contributed by atoms with Crippen LogP contribution in [0.15, 0.2) is 36.5 Å². The van der Waals surface area contributed by atoms with Gasteiger partial charge in [0.15, 0.2) is 0 Å². The smallest absolute Gasteiger partial charge is 0.253 e. The van der Waals surface area contributed by atoms with Gasteiger partial charge in [0.05, 0.1) is 0 Å². The van der Waals surface area contributed by atoms with Crippen molar-refractivity contribution in [2.45, 2.75) is 31.7 Å². The summed E-state index contributed by atoms with van der Waals surface area (Å²) >= 11 is 0. The summed E-state index contributed by atoms with van der Waals surface area (Å²) in [6.45, 7) is 3.37. The van der Waals surface area contributed by atoms with Crippen molar-refractivity contribution in [2.75, 3.05) is 19.6 Å². The van der Waals surface area contributed by atoms with Crippen LogP contribution in [0.2, 0.25) is 0 Å². The molecule has 1 fully saturated rings. The van der Waals surface area contributed by atoms with Crippen molar-refractivity contribution >= 4 is 5.91 Å². The molecular weight excluding hydrogens is 300 g/mol. The molecule has 0 saturated carbocycles. The Morgan fingerprint density at radius 1 is 1.25 bits per heavy atom. The zero-order chi connectivity index (χ0) is 16.4. The Balaban J connectivity index is 1.52. The third-order valence-electron chi connectivity index (χ3n) is 4.92. The Morgan fingerprint density at radius 2 is 2.12 bits per heavy atom. The lowest BCUT2D eigenvalue weighted by atomic mass is 9.96. The lowest BCUT2D eigenvalue weighted by molar-refractivity contribution is 0.0704. The molecule has 3 heterocycles. The Labute approximate surface area is 142 Å². The number of hydrogen-bond acceptors (Lipinski definition) is 4. The van der Waals surface area contributed by atoms with E-state index in [1.807, 2.05) is 41.4 Å². The molecule has 5 nitrogen and oxygen atoms in total. The van der Waals surface area contributed by atoms with Gasteiger partial charge in [0.25, 0.3) is 5.91 Å². The number of aromatic nitrogens is 2. The molecule has 24 heavy (non-hydrogen) atoms. The lowest BCUT2D eigenvalue weighted by Gasteiger charge is -2.32. The largest absolute Gasteiger partial charge is 0.338 e. The van der Waals surface area contributed by atoms with Crippen LogP contribution in [0.4, 0.5) is 0 Å². The maximum Gasteiger partial charge on any atom is 0.253 e. The van der Waals surface area contributed by atoms with Gasteiger partial charge in [0.1, 0.15) is 5.82 Å². The zero-order valence-corrected chi connectivity index (χ0v) is 13.7. The number of nitrogens with one attached hydrogen (secondary N) is 1. The Hall–Kier alpha value is -2.27. The monoisotopic (exact) mass is 322 g/mol. The lowest BCUT2D eigenvalue weighted by Crippen LogP contribution is -2.39. The number of likely N-dealkylation sites (tertiary alicyclic amines) is 1. The Bertz CT molecular complexity index is 731. The van der Waals surface area contributed by atoms with Crippen molar-refractivity contribution in [3.05, 3.63) is 59.2 Å². The molecule has 124 valence electrons. The molecule has 1 aromatic carbocycles. The van der Waals surface area contributed by atoms with E-state index in [0.29, 0.717) is 6.54 Å². The number of piperidine rings is 1. The molecule has 1 amide bonds. The zero-order valence-electron chi connectivity index (χ0n) is 13.7. The molecule has 1 N–H and O–H groups in total. The van der Waals surface area contributed by atoms with E-state index in [1.54, 1.807) is 0 Å². The highest BCUT2D eigenvalue weighted by atomic mass is 16.2. The van der Waals surface area contributed by atoms with E-state index in [2.05, 4.69) is 10.3 Å². The normalized spacial score (nSPS) is 20.5. The van der Waals surface area contributed by atoms with Crippen LogP contribution < -0.4 is 5.32 Å². The molecule has 1 unspecified atom stereocenters. The van der Waals surface area contributed by atoms with Crippen LogP contribution >= 0.6 is 0 Å². The summed E-state index contributed by atoms with van der Waals surface area (Å²) in [6, 6.07) is 9.53. The molecule has 1 aromatic heterocycles. The van der Waals surface area contributed by atoms with Gasteiger partial charge in [-0.15, -0.1) is 0 Å². The van der Waals surface area contributed by atoms with Gasteiger partial charge < -0.3 is 10.2 Å². The highest BCUT2D eigenvalue weighted by Crippen LogP contribution is 2.26. The van der Waals surface area contributed by atoms with Crippen molar-refractivity contribution in [1.82, 2.24) is 20.2 Å². The summed E-state index contributed by atoms with van der Waals surface area (Å²) < 4.78 is 0. The first-order valence-corrected chi connectivity index (χ1v) is 8.71. The van der Waals surface area contributed by atoms with Gasteiger partial charge in [-0.1, -0.05) is 18.2 Å². The summed E-state index contributed by atoms with van der Waals surface area (Å²) in [5.74, 6) is 1.26. The summed E-state index contributed by atoms with van der Waals surface area (Å²) in [7, 11) is 0. The minimum absolute atomic E-state index is 0.113. The van der Waals surface area contributed by atoms with Crippen LogP contribution in [-0.2, 0) is 13.0 Å². The third-order valence-corrected chi connectivity index (χ3v) is 4.92. The van der Waals surface area contributed by atoms with Crippen LogP contribution in [0.5, 0.6) is 0 Å². The fourth-order valence-corrected chi connectivity index (χ4v) is 3.58. The molecule has 1 saturated heterocycles. The molecule has 5 heteroatoms. The molecule has 2 aliphatic rings. The van der Waals surface area contributed by atoms with E-state index in [9.17, 15) is 4.79 Å². The van der Waals surface area contributed by atoms with Crippen LogP contribution in [0, 0.1) is 0 Å². The summed E-state index contributed by atoms with van der Waals surface area (Å²) in [4.78, 5) is 24.0. The number of hydrogen-bond donors (Lipinski definition) is 1. The summed E-state index contributed by atoms with van der Waals surface area (Å²) in [5, 5.41) is 3.35. The second-order valence-corrected chi connectivity index (χ2v) is 6.58. The summed E-state index contributed by atoms with van der Waals surface area (Å²) in [6.07, 6.45) is 4.98. The number of amides is 1. The van der Waals surface area contributed by atoms with Crippen molar-refractivity contribution in [3.8, 4) is 0 Å². The highest BCUT2D eigenvalue weighted by molar-refractivity contribution is 5.94. The molecule has 2 aromatic rings. The van der Waals surface area contributed by atoms with Crippen LogP contribution in [0.3, 0.4) is 0 Å². The highest BCUT2D eigenvalue weighted by Gasteiger charge is 2.27. The molecule has 0 spiro atoms. The minimum atomic E-state index is 0.113. The maximum absolute atomic E-state index is 12.7. The van der Waals surface area contributed by atoms with Crippen LogP contribution in [0.25, 0.3) is 0 Å². The Morgan fingerprint density at radius 3 is 3.00 bits per heavy atom. The average molecular weight is 322 g/mol. The first-order chi connectivity index (χ1) is 11.8. The van der Waals surface area contributed by atoms with Gasteiger partial charge in [-0.2, -0.15) is 0 Å². The summed E-state index contributed by atoms with van der Waals surface area (Å²) in [5.41, 5.74) is 3.14. The SMILES string of the molecule is O=C(c1ccccc1)N1CCCC(c2ncc3c(n2)CCNC3)C1. The van der Waals surface area contributed by atoms with Gasteiger partial charge in [-0.3, -0.25) is 4.79 Å². The predicted octanol–water partition coefficient (Wildman–Crippen LogP) is 2.14. The van der Waals surface area contributed by atoms with E-state index in [0.717, 1.165) is 50.3 Å². The number of rotatable bonds is 2. The second-order valence-electron chi connectivity index (χ2n) is 6.58. The van der Waals surface area contributed by atoms with E-state index < -0.39 is 0 Å². The number of fused-ring (bicyclic) bond motifs is 1. The number of carbonyl (C=O) groups excluding carboxylic acids is 1. The van der Waals surface area contributed by atoms with Crippen molar-refractivity contribution in [2.24, 2.45) is 0 Å². The van der Waals surface area contributed by atoms with Crippen molar-refractivity contribution in [1.29, 1.82) is 0 Å². The van der Waals surface area contributed by atoms with Gasteiger partial charge in [0.2, 0.25) is 0 Å². The number of benzene rings is 1. The van der Waals surface area contributed by atoms with E-state index in [4.69, 9.17) is 4.98 Å². The fraction of sp³-hybridized carbons (Fsp3) is 0.421. The van der Waals surface area contributed by atoms with Gasteiger partial charge in [-0.05, 0) is 25.0 Å². The molecule has 2 aliphatic heterocycles. The van der Waals surface area contributed by atoms with Gasteiger partial charge in [0, 0.05) is 61.5 Å². The maximum atomic E-state index is 12.7. The van der Waals surface area contributed by atoms with Crippen LogP contribution in [0.1, 0.15) is 46.2 Å². The van der Waals surface area contributed by atoms with E-state index in [-0.39, 0.29) is 11.8 Å². The van der Waals surface area contributed by atoms with Crippen LogP contribution in [-0.4, -0.2) is 40.4 Å². The second kappa shape index (κ2) is 6.69. The Kier molecular flexibility index (Phi) is 4.26. The van der Waals surface area contributed by atoms with Gasteiger partial charge >= 0.3 is 0 Å². The first-order valence-electron chi connectivity index (χ1n) is 8.71. The molecule has 0 radical (unpaired) electrons. The van der Waals surface area contributed by atoms with Gasteiger partial charge in [-0.25, -0.2) is 9.97 Å². The van der Waals surface area contributed by atoms with Crippen molar-refractivity contribution < 1.29 is 4.79 Å². The molecule has 4 rings (SSSR count). The number of nitrogens with zero attached hydrogens (tertiary/aromatic N) is 3. The average Bonchev–Trinajstić information content (AvgIpc) is 2.68. The molecular formula is C19H22N4O. The van der Waals surface area contributed by atoms with Crippen molar-refractivity contribution in [3.63, 3.8) is 0 Å². The number of carbonyl (C=O) groups is 1. The topological polar surface area (TPSA) is 58.1 Å². The predicted molar refractivity (Wildman–Crippen MR) is 91.8 cm³/mol. The molecule has 1 atom stereocenters. The molecule has 0 aliphatic carbocycles. The minimum Gasteiger partial charge on any atom is -0.338 e. The standard InChI is InChI=1S/C19H22N4O/c24-19(14-5-2-1-3-6-14)23-10-4-7-15(13-23)18-21-12-16-11-20-9-8-17(16)22-18/h1-3,5-6,12,15,20H,4,7-11,13H2. The third kappa shape index (κ3) is 3.04. The van der Waals surface area contributed by atoms with E-state index >= 15 is 0 Å². The quantitative estimate of drug-likeness (QED) is 0.920. The van der Waals surface area contributed by atoms with E-state index in [1.165, 1.54) is 11.3 Å².